The number of benzene rings is 1. The van der Waals surface area contributed by atoms with Gasteiger partial charge >= 0.3 is 5.97 Å². The Morgan fingerprint density at radius 1 is 1.50 bits per heavy atom. The smallest absolute Gasteiger partial charge is 0.337 e. The van der Waals surface area contributed by atoms with Crippen molar-refractivity contribution in [2.75, 3.05) is 18.2 Å². The molecule has 1 aliphatic rings. The summed E-state index contributed by atoms with van der Waals surface area (Å²) in [6, 6.07) is 5.13. The Labute approximate surface area is 94.8 Å². The minimum absolute atomic E-state index is 0.142. The maximum absolute atomic E-state index is 11.4. The summed E-state index contributed by atoms with van der Waals surface area (Å²) < 4.78 is 4.67. The molecule has 0 spiro atoms. The van der Waals surface area contributed by atoms with Crippen LogP contribution in [0, 0.1) is 0 Å². The van der Waals surface area contributed by atoms with Crippen LogP contribution in [0.25, 0.3) is 0 Å². The molecule has 1 fully saturated rings. The molecular weight excluding hydrogens is 204 g/mol. The molecule has 0 radical (unpaired) electrons. The van der Waals surface area contributed by atoms with Crippen LogP contribution < -0.4 is 11.1 Å². The van der Waals surface area contributed by atoms with Gasteiger partial charge in [-0.25, -0.2) is 4.79 Å². The predicted molar refractivity (Wildman–Crippen MR) is 63.5 cm³/mol. The summed E-state index contributed by atoms with van der Waals surface area (Å²) in [6.07, 6.45) is 2.27. The first-order valence-electron chi connectivity index (χ1n) is 5.30. The summed E-state index contributed by atoms with van der Waals surface area (Å²) in [4.78, 5) is 11.4. The van der Waals surface area contributed by atoms with E-state index in [0.29, 0.717) is 11.3 Å². The largest absolute Gasteiger partial charge is 0.465 e. The Morgan fingerprint density at radius 3 is 2.75 bits per heavy atom. The Balaban J connectivity index is 2.25. The van der Waals surface area contributed by atoms with Gasteiger partial charge < -0.3 is 15.8 Å². The fourth-order valence-corrected chi connectivity index (χ4v) is 1.55. The van der Waals surface area contributed by atoms with Crippen molar-refractivity contribution in [2.45, 2.75) is 25.3 Å². The molecule has 0 bridgehead atoms. The minimum Gasteiger partial charge on any atom is -0.465 e. The average Bonchev–Trinajstić information content (AvgIpc) is 2.98. The fraction of sp³-hybridized carbons (Fsp3) is 0.417. The van der Waals surface area contributed by atoms with Gasteiger partial charge in [0, 0.05) is 5.54 Å². The first-order chi connectivity index (χ1) is 7.54. The van der Waals surface area contributed by atoms with E-state index >= 15 is 0 Å². The molecule has 1 aliphatic carbocycles. The van der Waals surface area contributed by atoms with Crippen LogP contribution in [0.15, 0.2) is 18.2 Å². The number of esters is 1. The normalized spacial score (nSPS) is 16.6. The van der Waals surface area contributed by atoms with Gasteiger partial charge in [-0.1, -0.05) is 0 Å². The van der Waals surface area contributed by atoms with Gasteiger partial charge in [0.2, 0.25) is 0 Å². The number of nitrogens with one attached hydrogen (secondary N) is 1. The van der Waals surface area contributed by atoms with Crippen LogP contribution in [-0.2, 0) is 4.74 Å². The molecule has 2 rings (SSSR count). The highest BCUT2D eigenvalue weighted by molar-refractivity contribution is 5.92. The lowest BCUT2D eigenvalue weighted by Crippen LogP contribution is -2.17. The highest BCUT2D eigenvalue weighted by Gasteiger charge is 2.37. The van der Waals surface area contributed by atoms with Gasteiger partial charge in [0.05, 0.1) is 24.0 Å². The van der Waals surface area contributed by atoms with E-state index in [-0.39, 0.29) is 11.5 Å². The SMILES string of the molecule is COC(=O)c1ccc(N)c(NC2(C)CC2)c1. The van der Waals surface area contributed by atoms with E-state index in [1.54, 1.807) is 18.2 Å². The molecule has 16 heavy (non-hydrogen) atoms. The lowest BCUT2D eigenvalue weighted by atomic mass is 10.1. The number of hydrogen-bond donors (Lipinski definition) is 2. The average molecular weight is 220 g/mol. The fourth-order valence-electron chi connectivity index (χ4n) is 1.55. The minimum atomic E-state index is -0.344. The van der Waals surface area contributed by atoms with Gasteiger partial charge in [-0.3, -0.25) is 0 Å². The summed E-state index contributed by atoms with van der Waals surface area (Å²) in [7, 11) is 1.37. The number of methoxy groups -OCH3 is 1. The zero-order chi connectivity index (χ0) is 11.8. The van der Waals surface area contributed by atoms with Crippen molar-refractivity contribution in [3.05, 3.63) is 23.8 Å². The van der Waals surface area contributed by atoms with Crippen molar-refractivity contribution in [3.8, 4) is 0 Å². The van der Waals surface area contributed by atoms with Crippen LogP contribution in [-0.4, -0.2) is 18.6 Å². The molecule has 4 heteroatoms. The van der Waals surface area contributed by atoms with Crippen LogP contribution in [0.1, 0.15) is 30.1 Å². The van der Waals surface area contributed by atoms with Crippen LogP contribution in [0.2, 0.25) is 0 Å². The summed E-state index contributed by atoms with van der Waals surface area (Å²) >= 11 is 0. The van der Waals surface area contributed by atoms with E-state index in [1.807, 2.05) is 0 Å². The number of carbonyl (C=O) groups is 1. The second kappa shape index (κ2) is 3.70. The Morgan fingerprint density at radius 2 is 2.19 bits per heavy atom. The van der Waals surface area contributed by atoms with Gasteiger partial charge in [0.15, 0.2) is 0 Å². The molecule has 3 N–H and O–H groups in total. The molecule has 1 saturated carbocycles. The number of ether oxygens (including phenoxy) is 1. The summed E-state index contributed by atoms with van der Waals surface area (Å²) in [6.45, 7) is 2.14. The number of rotatable bonds is 3. The van der Waals surface area contributed by atoms with Crippen LogP contribution in [0.5, 0.6) is 0 Å². The lowest BCUT2D eigenvalue weighted by molar-refractivity contribution is 0.0601. The number of nitrogens with two attached hydrogens (primary N) is 1. The first-order valence-corrected chi connectivity index (χ1v) is 5.30. The predicted octanol–water partition coefficient (Wildman–Crippen LogP) is 2.02. The van der Waals surface area contributed by atoms with Crippen molar-refractivity contribution >= 4 is 17.3 Å². The molecule has 0 saturated heterocycles. The van der Waals surface area contributed by atoms with E-state index < -0.39 is 0 Å². The molecule has 0 atom stereocenters. The van der Waals surface area contributed by atoms with Crippen LogP contribution in [0.4, 0.5) is 11.4 Å². The van der Waals surface area contributed by atoms with Gasteiger partial charge in [-0.05, 0) is 38.0 Å². The summed E-state index contributed by atoms with van der Waals surface area (Å²) in [5, 5.41) is 3.35. The molecule has 0 amide bonds. The third kappa shape index (κ3) is 2.10. The second-order valence-electron chi connectivity index (χ2n) is 4.48. The monoisotopic (exact) mass is 220 g/mol. The molecule has 0 heterocycles. The van der Waals surface area contributed by atoms with Crippen LogP contribution >= 0.6 is 0 Å². The van der Waals surface area contributed by atoms with E-state index in [1.165, 1.54) is 7.11 Å². The summed E-state index contributed by atoms with van der Waals surface area (Å²) in [5.41, 5.74) is 7.97. The Hall–Kier alpha value is -1.71. The molecule has 0 aromatic heterocycles. The zero-order valence-corrected chi connectivity index (χ0v) is 9.54. The molecule has 0 unspecified atom stereocenters. The molecule has 4 nitrogen and oxygen atoms in total. The van der Waals surface area contributed by atoms with Gasteiger partial charge in [0.25, 0.3) is 0 Å². The number of nitrogen functional groups attached to an aromatic ring is 1. The third-order valence-corrected chi connectivity index (χ3v) is 2.91. The third-order valence-electron chi connectivity index (χ3n) is 2.91. The lowest BCUT2D eigenvalue weighted by Gasteiger charge is -2.15. The van der Waals surface area contributed by atoms with Crippen molar-refractivity contribution in [1.29, 1.82) is 0 Å². The van der Waals surface area contributed by atoms with Crippen molar-refractivity contribution < 1.29 is 9.53 Å². The summed E-state index contributed by atoms with van der Waals surface area (Å²) in [5.74, 6) is -0.344. The van der Waals surface area contributed by atoms with Gasteiger partial charge in [0.1, 0.15) is 0 Å². The maximum atomic E-state index is 11.4. The van der Waals surface area contributed by atoms with Crippen molar-refractivity contribution in [2.24, 2.45) is 0 Å². The topological polar surface area (TPSA) is 64.3 Å². The maximum Gasteiger partial charge on any atom is 0.337 e. The number of carbonyl (C=O) groups excluding carboxylic acids is 1. The van der Waals surface area contributed by atoms with Crippen molar-refractivity contribution in [1.82, 2.24) is 0 Å². The Kier molecular flexibility index (Phi) is 2.50. The van der Waals surface area contributed by atoms with E-state index in [0.717, 1.165) is 18.5 Å². The molecule has 1 aromatic rings. The molecule has 86 valence electrons. The molecule has 0 aliphatic heterocycles. The van der Waals surface area contributed by atoms with Gasteiger partial charge in [-0.15, -0.1) is 0 Å². The quantitative estimate of drug-likeness (QED) is 0.604. The first kappa shape index (κ1) is 10.8. The van der Waals surface area contributed by atoms with E-state index in [9.17, 15) is 4.79 Å². The number of hydrogen-bond acceptors (Lipinski definition) is 4. The zero-order valence-electron chi connectivity index (χ0n) is 9.54. The highest BCUT2D eigenvalue weighted by Crippen LogP contribution is 2.39. The number of anilines is 2. The second-order valence-corrected chi connectivity index (χ2v) is 4.48. The van der Waals surface area contributed by atoms with E-state index in [2.05, 4.69) is 17.0 Å². The highest BCUT2D eigenvalue weighted by atomic mass is 16.5. The van der Waals surface area contributed by atoms with Crippen molar-refractivity contribution in [3.63, 3.8) is 0 Å². The molecule has 1 aromatic carbocycles. The standard InChI is InChI=1S/C12H16N2O2/c1-12(5-6-12)14-10-7-8(11(15)16-2)3-4-9(10)13/h3-4,7,14H,5-6,13H2,1-2H3. The Bertz CT molecular complexity index is 425. The van der Waals surface area contributed by atoms with Gasteiger partial charge in [-0.2, -0.15) is 0 Å². The van der Waals surface area contributed by atoms with Crippen LogP contribution in [0.3, 0.4) is 0 Å². The molecular formula is C12H16N2O2. The van der Waals surface area contributed by atoms with E-state index in [4.69, 9.17) is 5.73 Å².